The van der Waals surface area contributed by atoms with Crippen molar-refractivity contribution in [2.45, 2.75) is 127 Å². The third-order valence-corrected chi connectivity index (χ3v) is 18.6. The van der Waals surface area contributed by atoms with E-state index < -0.39 is 11.8 Å². The molecule has 9 rings (SSSR count). The van der Waals surface area contributed by atoms with Crippen LogP contribution in [0, 0.1) is 6.92 Å². The first kappa shape index (κ1) is 57.9. The number of fused-ring (bicyclic) bond motifs is 8. The van der Waals surface area contributed by atoms with E-state index in [1.54, 1.807) is 81.0 Å². The zero-order valence-corrected chi connectivity index (χ0v) is 48.1. The van der Waals surface area contributed by atoms with Crippen LogP contribution in [-0.2, 0) is 50.0 Å². The smallest absolute Gasteiger partial charge is 0.261 e. The van der Waals surface area contributed by atoms with Gasteiger partial charge in [0.2, 0.25) is 17.7 Å². The lowest BCUT2D eigenvalue weighted by atomic mass is 10.0. The van der Waals surface area contributed by atoms with Crippen molar-refractivity contribution in [1.29, 1.82) is 0 Å². The molecule has 0 saturated carbocycles. The van der Waals surface area contributed by atoms with Crippen LogP contribution in [0.2, 0.25) is 0 Å². The lowest BCUT2D eigenvalue weighted by molar-refractivity contribution is -0.127. The number of ether oxygens (including phenoxy) is 3. The zero-order valence-electron chi connectivity index (χ0n) is 46.4. The highest BCUT2D eigenvalue weighted by Crippen LogP contribution is 2.44. The molecule has 0 radical (unpaired) electrons. The largest absolute Gasteiger partial charge is 0.493 e. The predicted octanol–water partition coefficient (Wildman–Crippen LogP) is 10.3. The Balaban J connectivity index is 0.828. The third kappa shape index (κ3) is 14.2. The highest BCUT2D eigenvalue weighted by Gasteiger charge is 2.38. The molecule has 81 heavy (non-hydrogen) atoms. The van der Waals surface area contributed by atoms with Crippen LogP contribution in [0.5, 0.6) is 17.2 Å². The Bertz CT molecular complexity index is 3340. The molecule has 5 amide bonds. The Morgan fingerprint density at radius 2 is 1.25 bits per heavy atom. The number of anilines is 3. The van der Waals surface area contributed by atoms with E-state index in [0.717, 1.165) is 34.5 Å². The molecule has 0 fully saturated rings. The zero-order chi connectivity index (χ0) is 57.4. The summed E-state index contributed by atoms with van der Waals surface area (Å²) in [6.45, 7) is 7.87. The summed E-state index contributed by atoms with van der Waals surface area (Å²) in [4.78, 5) is 105. The van der Waals surface area contributed by atoms with Gasteiger partial charge >= 0.3 is 0 Å². The molecule has 0 aliphatic carbocycles. The summed E-state index contributed by atoms with van der Waals surface area (Å²) < 4.78 is 18.4. The molecule has 0 bridgehead atoms. The SMILES string of the molecule is CNC(=O)CCC(C)SSC(C)(C)CCC(=O)CCC(=O)NCC(=O)CCC(=O)Nc1cc(COc2cc3c(cc2C)C(=O)N2c4ccccc4C[C@H]2C=N3)cc(COc2cc3c(cc2OC)C(=O)N2c4ccccc4C[C@H]2C=N3)c1. The number of rotatable bonds is 25. The minimum absolute atomic E-state index is 0.00293. The number of para-hydroxylation sites is 2. The van der Waals surface area contributed by atoms with E-state index in [-0.39, 0.29) is 96.8 Å². The second-order valence-corrected chi connectivity index (χ2v) is 24.7. The number of carbonyl (C=O) groups is 7. The van der Waals surface area contributed by atoms with Gasteiger partial charge in [0.15, 0.2) is 17.3 Å². The standard InChI is InChI=1S/C62H67N7O10S2/c1-37-23-48-50(64-32-44-27-41-11-7-9-13-52(41)68(44)60(48)75)30-54(37)78-35-39-24-40(36-79-56-31-51-49(29-55(56)77-6)61(76)69-45(33-65-51)28-42-12-8-10-14-53(42)69)26-43(25-39)67-59(74)20-17-47(71)34-66-58(73)19-16-46(70)21-22-62(3,4)81-80-38(2)15-18-57(72)63-5/h7-14,23-26,29-33,38,44-45H,15-22,27-28,34-36H2,1-6H3,(H,63,72)(H,66,73)(H,67,74)/t38?,44-,45-/m0/s1. The highest BCUT2D eigenvalue weighted by molar-refractivity contribution is 8.77. The van der Waals surface area contributed by atoms with Crippen LogP contribution in [0.3, 0.4) is 0 Å². The molecule has 422 valence electrons. The number of carbonyl (C=O) groups excluding carboxylic acids is 7. The summed E-state index contributed by atoms with van der Waals surface area (Å²) in [5, 5.41) is 8.43. The third-order valence-electron chi connectivity index (χ3n) is 14.6. The Kier molecular flexibility index (Phi) is 18.4. The van der Waals surface area contributed by atoms with E-state index >= 15 is 0 Å². The molecule has 0 spiro atoms. The summed E-state index contributed by atoms with van der Waals surface area (Å²) in [5.74, 6) is -0.364. The summed E-state index contributed by atoms with van der Waals surface area (Å²) in [7, 11) is 6.52. The number of aliphatic imine (C=N–C) groups is 2. The van der Waals surface area contributed by atoms with Gasteiger partial charge in [-0.15, -0.1) is 0 Å². The topological polar surface area (TPSA) is 214 Å². The first-order valence-corrected chi connectivity index (χ1v) is 29.5. The van der Waals surface area contributed by atoms with Crippen molar-refractivity contribution in [3.05, 3.63) is 130 Å². The molecule has 4 heterocycles. The second kappa shape index (κ2) is 25.8. The monoisotopic (exact) mass is 1130 g/mol. The van der Waals surface area contributed by atoms with Crippen molar-refractivity contribution in [2.75, 3.05) is 35.8 Å². The van der Waals surface area contributed by atoms with Crippen molar-refractivity contribution < 1.29 is 47.8 Å². The molecule has 3 N–H and O–H groups in total. The first-order valence-electron chi connectivity index (χ1n) is 27.3. The average Bonchev–Trinajstić information content (AvgIpc) is 3.74. The van der Waals surface area contributed by atoms with Crippen LogP contribution in [0.25, 0.3) is 0 Å². The molecular formula is C62H67N7O10S2. The predicted molar refractivity (Wildman–Crippen MR) is 318 cm³/mol. The van der Waals surface area contributed by atoms with Crippen LogP contribution in [0.15, 0.2) is 101 Å². The van der Waals surface area contributed by atoms with E-state index in [1.165, 1.54) is 7.11 Å². The summed E-state index contributed by atoms with van der Waals surface area (Å²) >= 11 is 0. The van der Waals surface area contributed by atoms with Crippen LogP contribution in [0.4, 0.5) is 28.4 Å². The minimum Gasteiger partial charge on any atom is -0.493 e. The molecule has 0 saturated heterocycles. The van der Waals surface area contributed by atoms with Crippen molar-refractivity contribution in [3.63, 3.8) is 0 Å². The van der Waals surface area contributed by atoms with E-state index in [9.17, 15) is 33.6 Å². The minimum atomic E-state index is -0.437. The van der Waals surface area contributed by atoms with Crippen molar-refractivity contribution in [2.24, 2.45) is 9.98 Å². The fraction of sp³-hybridized carbons (Fsp3) is 0.371. The molecule has 3 atom stereocenters. The molecule has 1 unspecified atom stereocenters. The Morgan fingerprint density at radius 3 is 1.86 bits per heavy atom. The second-order valence-electron chi connectivity index (χ2n) is 21.3. The van der Waals surface area contributed by atoms with Crippen LogP contribution in [-0.4, -0.2) is 96.3 Å². The molecule has 19 heteroatoms. The number of Topliss-reactive ketones (excluding diaryl/α,β-unsaturated/α-hetero) is 2. The van der Waals surface area contributed by atoms with E-state index in [2.05, 4.69) is 36.7 Å². The van der Waals surface area contributed by atoms with Crippen LogP contribution >= 0.6 is 21.6 Å². The van der Waals surface area contributed by atoms with Gasteiger partial charge in [-0.2, -0.15) is 0 Å². The summed E-state index contributed by atoms with van der Waals surface area (Å²) in [5.41, 5.74) is 8.14. The Labute approximate surface area is 479 Å². The van der Waals surface area contributed by atoms with Gasteiger partial charge in [-0.05, 0) is 104 Å². The maximum Gasteiger partial charge on any atom is 0.261 e. The van der Waals surface area contributed by atoms with Gasteiger partial charge in [-0.3, -0.25) is 53.3 Å². The summed E-state index contributed by atoms with van der Waals surface area (Å²) in [6, 6.07) is 27.6. The number of amides is 5. The normalized spacial score (nSPS) is 15.9. The molecule has 0 aromatic heterocycles. The first-order chi connectivity index (χ1) is 38.9. The van der Waals surface area contributed by atoms with Crippen LogP contribution < -0.4 is 40.0 Å². The molecule has 4 aliphatic heterocycles. The van der Waals surface area contributed by atoms with Gasteiger partial charge in [0.05, 0.1) is 48.2 Å². The lowest BCUT2D eigenvalue weighted by Gasteiger charge is -2.24. The van der Waals surface area contributed by atoms with Gasteiger partial charge in [0, 0.05) is 110 Å². The highest BCUT2D eigenvalue weighted by atomic mass is 33.1. The number of benzene rings is 5. The number of hydrogen-bond acceptors (Lipinski definition) is 14. The van der Waals surface area contributed by atoms with Gasteiger partial charge in [-0.25, -0.2) is 0 Å². The van der Waals surface area contributed by atoms with E-state index in [4.69, 9.17) is 24.2 Å². The van der Waals surface area contributed by atoms with Crippen LogP contribution in [0.1, 0.15) is 121 Å². The maximum atomic E-state index is 14.1. The van der Waals surface area contributed by atoms with Gasteiger partial charge in [0.25, 0.3) is 11.8 Å². The fourth-order valence-corrected chi connectivity index (χ4v) is 12.8. The quantitative estimate of drug-likeness (QED) is 0.0466. The molecule has 17 nitrogen and oxygen atoms in total. The summed E-state index contributed by atoms with van der Waals surface area (Å²) in [6.07, 6.45) is 6.80. The Morgan fingerprint density at radius 1 is 0.679 bits per heavy atom. The molecule has 5 aromatic rings. The molecule has 5 aromatic carbocycles. The lowest BCUT2D eigenvalue weighted by Crippen LogP contribution is -2.37. The van der Waals surface area contributed by atoms with Crippen molar-refractivity contribution in [1.82, 2.24) is 10.6 Å². The van der Waals surface area contributed by atoms with Gasteiger partial charge in [-0.1, -0.05) is 64.9 Å². The molecule has 4 aliphatic rings. The number of aryl methyl sites for hydroxylation is 1. The number of hydrogen-bond donors (Lipinski definition) is 3. The van der Waals surface area contributed by atoms with Crippen molar-refractivity contribution >= 4 is 104 Å². The number of methoxy groups -OCH3 is 1. The van der Waals surface area contributed by atoms with Gasteiger partial charge < -0.3 is 30.2 Å². The van der Waals surface area contributed by atoms with E-state index in [0.29, 0.717) is 88.7 Å². The molecular weight excluding hydrogens is 1070 g/mol. The number of nitrogens with one attached hydrogen (secondary N) is 3. The average molecular weight is 1130 g/mol. The van der Waals surface area contributed by atoms with Crippen molar-refractivity contribution in [3.8, 4) is 17.2 Å². The Hall–Kier alpha value is -7.77. The van der Waals surface area contributed by atoms with E-state index in [1.807, 2.05) is 67.7 Å². The van der Waals surface area contributed by atoms with Gasteiger partial charge in [0.1, 0.15) is 24.7 Å². The maximum absolute atomic E-state index is 14.1. The number of ketones is 2. The fourth-order valence-electron chi connectivity index (χ4n) is 10.1. The number of nitrogens with zero attached hydrogens (tertiary/aromatic N) is 4.